The Morgan fingerprint density at radius 1 is 1.36 bits per heavy atom. The number of β-amino-alcohol motifs (C(OH)–C–C–N with tert-alkyl or cyclic N) is 1. The molecule has 0 amide bonds. The lowest BCUT2D eigenvalue weighted by Gasteiger charge is -2.34. The van der Waals surface area contributed by atoms with Crippen molar-refractivity contribution in [3.05, 3.63) is 0 Å². The Bertz CT molecular complexity index is 171. The van der Waals surface area contributed by atoms with Gasteiger partial charge in [0.1, 0.15) is 6.79 Å². The number of ether oxygens (including phenoxy) is 2. The van der Waals surface area contributed by atoms with E-state index in [9.17, 15) is 5.11 Å². The highest BCUT2D eigenvalue weighted by molar-refractivity contribution is 4.75. The van der Waals surface area contributed by atoms with Crippen molar-refractivity contribution in [2.24, 2.45) is 0 Å². The summed E-state index contributed by atoms with van der Waals surface area (Å²) >= 11 is 0. The van der Waals surface area contributed by atoms with Gasteiger partial charge in [-0.05, 0) is 25.8 Å². The average molecular weight is 201 g/mol. The van der Waals surface area contributed by atoms with Crippen LogP contribution in [0.5, 0.6) is 0 Å². The van der Waals surface area contributed by atoms with Crippen LogP contribution < -0.4 is 0 Å². The molecule has 0 saturated carbocycles. The molecule has 4 nitrogen and oxygen atoms in total. The highest BCUT2D eigenvalue weighted by Crippen LogP contribution is 2.13. The van der Waals surface area contributed by atoms with Crippen LogP contribution in [0.1, 0.15) is 19.3 Å². The van der Waals surface area contributed by atoms with Crippen LogP contribution in [0.3, 0.4) is 0 Å². The Hall–Kier alpha value is -0.160. The van der Waals surface area contributed by atoms with E-state index in [0.717, 1.165) is 45.5 Å². The molecule has 2 aliphatic heterocycles. The van der Waals surface area contributed by atoms with Gasteiger partial charge >= 0.3 is 0 Å². The van der Waals surface area contributed by atoms with Gasteiger partial charge in [0.05, 0.1) is 18.8 Å². The van der Waals surface area contributed by atoms with Crippen LogP contribution in [-0.2, 0) is 9.47 Å². The summed E-state index contributed by atoms with van der Waals surface area (Å²) < 4.78 is 10.6. The fourth-order valence-electron chi connectivity index (χ4n) is 2.13. The molecule has 14 heavy (non-hydrogen) atoms. The largest absolute Gasteiger partial charge is 0.392 e. The fraction of sp³-hybridized carbons (Fsp3) is 1.00. The number of likely N-dealkylation sites (tertiary alicyclic amines) is 1. The summed E-state index contributed by atoms with van der Waals surface area (Å²) in [5.74, 6) is 0. The number of nitrogens with zero attached hydrogens (tertiary/aromatic N) is 1. The predicted molar refractivity (Wildman–Crippen MR) is 52.0 cm³/mol. The maximum absolute atomic E-state index is 9.50. The highest BCUT2D eigenvalue weighted by Gasteiger charge is 2.22. The molecule has 2 unspecified atom stereocenters. The van der Waals surface area contributed by atoms with Gasteiger partial charge in [-0.1, -0.05) is 0 Å². The third-order valence-electron chi connectivity index (χ3n) is 2.91. The highest BCUT2D eigenvalue weighted by atomic mass is 16.7. The summed E-state index contributed by atoms with van der Waals surface area (Å²) in [5, 5.41) is 9.50. The minimum atomic E-state index is -0.136. The Kier molecular flexibility index (Phi) is 3.75. The van der Waals surface area contributed by atoms with Crippen LogP contribution >= 0.6 is 0 Å². The molecule has 2 aliphatic rings. The topological polar surface area (TPSA) is 41.9 Å². The van der Waals surface area contributed by atoms with Crippen molar-refractivity contribution in [3.63, 3.8) is 0 Å². The lowest BCUT2D eigenvalue weighted by molar-refractivity contribution is -0.146. The molecule has 0 aromatic carbocycles. The summed E-state index contributed by atoms with van der Waals surface area (Å²) in [7, 11) is 0. The summed E-state index contributed by atoms with van der Waals surface area (Å²) in [5.41, 5.74) is 0. The smallest absolute Gasteiger partial charge is 0.147 e. The lowest BCUT2D eigenvalue weighted by atomic mass is 10.1. The number of rotatable bonds is 2. The molecule has 0 bridgehead atoms. The maximum Gasteiger partial charge on any atom is 0.147 e. The minimum Gasteiger partial charge on any atom is -0.392 e. The second-order valence-electron chi connectivity index (χ2n) is 4.16. The first-order valence-electron chi connectivity index (χ1n) is 5.44. The van der Waals surface area contributed by atoms with Crippen LogP contribution in [0, 0.1) is 0 Å². The Morgan fingerprint density at radius 2 is 2.29 bits per heavy atom. The summed E-state index contributed by atoms with van der Waals surface area (Å²) in [6.45, 7) is 4.08. The zero-order chi connectivity index (χ0) is 9.80. The van der Waals surface area contributed by atoms with Gasteiger partial charge in [0.15, 0.2) is 0 Å². The van der Waals surface area contributed by atoms with Gasteiger partial charge in [-0.25, -0.2) is 0 Å². The van der Waals surface area contributed by atoms with Crippen molar-refractivity contribution < 1.29 is 14.6 Å². The van der Waals surface area contributed by atoms with E-state index in [1.54, 1.807) is 0 Å². The van der Waals surface area contributed by atoms with Gasteiger partial charge in [-0.2, -0.15) is 0 Å². The molecule has 2 fully saturated rings. The molecule has 1 N–H and O–H groups in total. The van der Waals surface area contributed by atoms with Crippen molar-refractivity contribution >= 4 is 0 Å². The first-order valence-corrected chi connectivity index (χ1v) is 5.44. The molecule has 0 aromatic rings. The molecule has 2 rings (SSSR count). The fourth-order valence-corrected chi connectivity index (χ4v) is 2.13. The van der Waals surface area contributed by atoms with Crippen molar-refractivity contribution in [2.75, 3.05) is 33.0 Å². The van der Waals surface area contributed by atoms with Gasteiger partial charge in [-0.3, -0.25) is 4.90 Å². The summed E-state index contributed by atoms with van der Waals surface area (Å²) in [6.07, 6.45) is 3.19. The molecule has 0 aliphatic carbocycles. The van der Waals surface area contributed by atoms with Crippen molar-refractivity contribution in [1.29, 1.82) is 0 Å². The number of aliphatic hydroxyl groups is 1. The van der Waals surface area contributed by atoms with E-state index in [4.69, 9.17) is 9.47 Å². The normalized spacial score (nSPS) is 35.8. The molecule has 2 saturated heterocycles. The molecule has 82 valence electrons. The molecular formula is C10H19NO3. The number of hydrogen-bond acceptors (Lipinski definition) is 4. The molecule has 0 spiro atoms. The second kappa shape index (κ2) is 5.07. The first-order chi connectivity index (χ1) is 6.84. The van der Waals surface area contributed by atoms with Crippen LogP contribution in [0.2, 0.25) is 0 Å². The minimum absolute atomic E-state index is 0.136. The molecular weight excluding hydrogens is 182 g/mol. The number of piperidine rings is 1. The van der Waals surface area contributed by atoms with E-state index < -0.39 is 0 Å². The molecule has 4 heteroatoms. The average Bonchev–Trinajstić information content (AvgIpc) is 2.19. The van der Waals surface area contributed by atoms with Gasteiger partial charge in [0.25, 0.3) is 0 Å². The number of hydrogen-bond donors (Lipinski definition) is 1. The Labute approximate surface area is 84.8 Å². The molecule has 0 aromatic heterocycles. The maximum atomic E-state index is 9.50. The predicted octanol–water partition coefficient (Wildman–Crippen LogP) is 0.206. The van der Waals surface area contributed by atoms with E-state index in [1.807, 2.05) is 0 Å². The third-order valence-corrected chi connectivity index (χ3v) is 2.91. The number of aliphatic hydroxyl groups excluding tert-OH is 1. The lowest BCUT2D eigenvalue weighted by Crippen LogP contribution is -2.44. The molecule has 0 radical (unpaired) electrons. The van der Waals surface area contributed by atoms with Crippen LogP contribution in [0.25, 0.3) is 0 Å². The van der Waals surface area contributed by atoms with E-state index in [2.05, 4.69) is 4.90 Å². The summed E-state index contributed by atoms with van der Waals surface area (Å²) in [4.78, 5) is 2.30. The van der Waals surface area contributed by atoms with Gasteiger partial charge in [0.2, 0.25) is 0 Å². The van der Waals surface area contributed by atoms with Crippen LogP contribution in [-0.4, -0.2) is 55.2 Å². The van der Waals surface area contributed by atoms with Gasteiger partial charge < -0.3 is 14.6 Å². The van der Waals surface area contributed by atoms with E-state index >= 15 is 0 Å². The van der Waals surface area contributed by atoms with E-state index in [-0.39, 0.29) is 6.10 Å². The Morgan fingerprint density at radius 3 is 3.00 bits per heavy atom. The van der Waals surface area contributed by atoms with Gasteiger partial charge in [-0.15, -0.1) is 0 Å². The Balaban J connectivity index is 1.72. The summed E-state index contributed by atoms with van der Waals surface area (Å²) in [6, 6.07) is 0. The first kappa shape index (κ1) is 10.4. The monoisotopic (exact) mass is 201 g/mol. The van der Waals surface area contributed by atoms with Crippen molar-refractivity contribution in [3.8, 4) is 0 Å². The quantitative estimate of drug-likeness (QED) is 0.693. The van der Waals surface area contributed by atoms with E-state index in [1.165, 1.54) is 0 Å². The molecule has 2 heterocycles. The standard InChI is InChI=1S/C10H19NO3/c12-9-2-1-4-11(6-9)7-10-3-5-13-8-14-10/h9-10,12H,1-8H2. The molecule has 2 atom stereocenters. The zero-order valence-corrected chi connectivity index (χ0v) is 8.52. The van der Waals surface area contributed by atoms with Crippen LogP contribution in [0.4, 0.5) is 0 Å². The van der Waals surface area contributed by atoms with Crippen molar-refractivity contribution in [1.82, 2.24) is 4.90 Å². The SMILES string of the molecule is OC1CCCN(CC2CCOCO2)C1. The van der Waals surface area contributed by atoms with Crippen LogP contribution in [0.15, 0.2) is 0 Å². The second-order valence-corrected chi connectivity index (χ2v) is 4.16. The third kappa shape index (κ3) is 2.92. The zero-order valence-electron chi connectivity index (χ0n) is 8.52. The van der Waals surface area contributed by atoms with Gasteiger partial charge in [0, 0.05) is 13.1 Å². The van der Waals surface area contributed by atoms with E-state index in [0.29, 0.717) is 12.9 Å². The van der Waals surface area contributed by atoms with Crippen molar-refractivity contribution in [2.45, 2.75) is 31.5 Å².